The average molecular weight is 498 g/mol. The number of carbonyl (C=O) groups excluding carboxylic acids is 3. The van der Waals surface area contributed by atoms with Crippen molar-refractivity contribution in [2.45, 2.75) is 51.7 Å². The van der Waals surface area contributed by atoms with Gasteiger partial charge in [0, 0.05) is 45.3 Å². The summed E-state index contributed by atoms with van der Waals surface area (Å²) >= 11 is -2.67. The zero-order valence-corrected chi connectivity index (χ0v) is 19.9. The van der Waals surface area contributed by atoms with Crippen molar-refractivity contribution in [3.63, 3.8) is 0 Å². The quantitative estimate of drug-likeness (QED) is 0.305. The second-order valence-electron chi connectivity index (χ2n) is 7.73. The van der Waals surface area contributed by atoms with Gasteiger partial charge in [0.05, 0.1) is 11.1 Å². The molecule has 0 bridgehead atoms. The van der Waals surface area contributed by atoms with Crippen LogP contribution in [0.2, 0.25) is 0 Å². The Hall–Kier alpha value is -3.30. The SMILES string of the molecule is CC(=O)OCC1OC(n2cc(N(C)S(=O)[O-])c3c(N)ncnc32)C(C)(OC(C)=O)C1OC(C)=O. The number of aromatic nitrogens is 3. The molecule has 34 heavy (non-hydrogen) atoms. The van der Waals surface area contributed by atoms with Crippen LogP contribution in [0.3, 0.4) is 0 Å². The Morgan fingerprint density at radius 3 is 2.50 bits per heavy atom. The third-order valence-corrected chi connectivity index (χ3v) is 5.88. The van der Waals surface area contributed by atoms with Crippen LogP contribution in [-0.2, 0) is 44.6 Å². The summed E-state index contributed by atoms with van der Waals surface area (Å²) in [6.45, 7) is 4.70. The number of nitrogen functional groups attached to an aromatic ring is 1. The highest BCUT2D eigenvalue weighted by Gasteiger charge is 2.60. The highest BCUT2D eigenvalue weighted by molar-refractivity contribution is 7.80. The van der Waals surface area contributed by atoms with Gasteiger partial charge >= 0.3 is 17.9 Å². The number of hydrogen-bond donors (Lipinski definition) is 1. The standard InChI is InChI=1S/C19H25N5O9S/c1-9(25)30-7-13-15(31-10(2)26)19(4,33-11(3)27)18(32-13)24-6-12(23(5)34(28)29)14-16(20)21-8-22-17(14)24/h6,8,13,15,18H,7H2,1-5H3,(H,28,29)(H2,20,21,22)/p-1. The van der Waals surface area contributed by atoms with E-state index in [0.717, 1.165) is 4.31 Å². The van der Waals surface area contributed by atoms with Crippen molar-refractivity contribution in [2.75, 3.05) is 23.7 Å². The molecule has 2 N–H and O–H groups in total. The number of nitrogens with zero attached hydrogens (tertiary/aromatic N) is 4. The first-order valence-electron chi connectivity index (χ1n) is 9.96. The summed E-state index contributed by atoms with van der Waals surface area (Å²) in [7, 11) is 1.29. The van der Waals surface area contributed by atoms with E-state index in [9.17, 15) is 23.1 Å². The Kier molecular flexibility index (Phi) is 7.09. The topological polar surface area (TPSA) is 188 Å². The van der Waals surface area contributed by atoms with Gasteiger partial charge in [0.15, 0.2) is 17.9 Å². The summed E-state index contributed by atoms with van der Waals surface area (Å²) in [6.07, 6.45) is -0.861. The maximum Gasteiger partial charge on any atom is 0.303 e. The Morgan fingerprint density at radius 1 is 1.26 bits per heavy atom. The number of ether oxygens (including phenoxy) is 4. The summed E-state index contributed by atoms with van der Waals surface area (Å²) in [5, 5.41) is 0.204. The minimum atomic E-state index is -2.67. The van der Waals surface area contributed by atoms with Gasteiger partial charge in [-0.1, -0.05) is 0 Å². The van der Waals surface area contributed by atoms with Gasteiger partial charge in [-0.15, -0.1) is 0 Å². The van der Waals surface area contributed by atoms with E-state index in [1.54, 1.807) is 0 Å². The molecule has 186 valence electrons. The number of rotatable bonds is 7. The number of fused-ring (bicyclic) bond motifs is 1. The first-order valence-corrected chi connectivity index (χ1v) is 11.0. The maximum absolute atomic E-state index is 12.1. The predicted octanol–water partition coefficient (Wildman–Crippen LogP) is -0.0422. The molecule has 1 aliphatic rings. The van der Waals surface area contributed by atoms with Crippen molar-refractivity contribution in [1.82, 2.24) is 14.5 Å². The fourth-order valence-electron chi connectivity index (χ4n) is 3.93. The van der Waals surface area contributed by atoms with Crippen molar-refractivity contribution < 1.29 is 42.1 Å². The van der Waals surface area contributed by atoms with E-state index in [2.05, 4.69) is 9.97 Å². The molecule has 0 aromatic carbocycles. The lowest BCUT2D eigenvalue weighted by Crippen LogP contribution is -2.50. The van der Waals surface area contributed by atoms with Crippen molar-refractivity contribution in [3.8, 4) is 0 Å². The van der Waals surface area contributed by atoms with E-state index in [4.69, 9.17) is 24.7 Å². The molecule has 5 atom stereocenters. The molecule has 1 aliphatic heterocycles. The smallest absolute Gasteiger partial charge is 0.303 e. The Morgan fingerprint density at radius 2 is 1.94 bits per heavy atom. The van der Waals surface area contributed by atoms with Gasteiger partial charge in [0.2, 0.25) is 0 Å². The largest absolute Gasteiger partial charge is 0.755 e. The zero-order chi connectivity index (χ0) is 25.4. The lowest BCUT2D eigenvalue weighted by Gasteiger charge is -2.34. The van der Waals surface area contributed by atoms with E-state index in [0.29, 0.717) is 0 Å². The number of esters is 3. The van der Waals surface area contributed by atoms with Gasteiger partial charge in [0.1, 0.15) is 30.5 Å². The number of carbonyl (C=O) groups is 3. The van der Waals surface area contributed by atoms with Gasteiger partial charge in [-0.3, -0.25) is 23.2 Å². The molecule has 1 fully saturated rings. The zero-order valence-electron chi connectivity index (χ0n) is 19.0. The molecular formula is C19H24N5O9S-. The first kappa shape index (κ1) is 25.3. The van der Waals surface area contributed by atoms with Gasteiger partial charge in [-0.05, 0) is 6.92 Å². The Balaban J connectivity index is 2.22. The summed E-state index contributed by atoms with van der Waals surface area (Å²) in [5.74, 6) is -2.00. The van der Waals surface area contributed by atoms with Crippen molar-refractivity contribution in [1.29, 1.82) is 0 Å². The maximum atomic E-state index is 12.1. The van der Waals surface area contributed by atoms with Crippen LogP contribution >= 0.6 is 0 Å². The lowest BCUT2D eigenvalue weighted by molar-refractivity contribution is -0.184. The molecule has 0 amide bonds. The molecule has 14 nitrogen and oxygen atoms in total. The first-order chi connectivity index (χ1) is 15.9. The van der Waals surface area contributed by atoms with Crippen LogP contribution in [0, 0.1) is 0 Å². The predicted molar refractivity (Wildman–Crippen MR) is 116 cm³/mol. The normalized spacial score (nSPS) is 25.1. The Bertz CT molecular complexity index is 1150. The number of anilines is 2. The molecule has 2 aromatic rings. The molecule has 0 spiro atoms. The van der Waals surface area contributed by atoms with Crippen LogP contribution in [0.1, 0.15) is 33.9 Å². The molecule has 15 heteroatoms. The molecule has 3 rings (SSSR count). The summed E-state index contributed by atoms with van der Waals surface area (Å²) in [5.41, 5.74) is 4.67. The van der Waals surface area contributed by atoms with Crippen molar-refractivity contribution in [2.24, 2.45) is 0 Å². The molecule has 3 heterocycles. The van der Waals surface area contributed by atoms with Gasteiger partial charge in [-0.25, -0.2) is 9.97 Å². The van der Waals surface area contributed by atoms with E-state index in [1.165, 1.54) is 51.8 Å². The monoisotopic (exact) mass is 498 g/mol. The molecule has 5 unspecified atom stereocenters. The van der Waals surface area contributed by atoms with Crippen LogP contribution < -0.4 is 10.0 Å². The van der Waals surface area contributed by atoms with Crippen LogP contribution in [0.25, 0.3) is 11.0 Å². The average Bonchev–Trinajstić information content (AvgIpc) is 3.22. The number of hydrogen-bond acceptors (Lipinski definition) is 12. The molecular weight excluding hydrogens is 474 g/mol. The lowest BCUT2D eigenvalue weighted by atomic mass is 9.95. The highest BCUT2D eigenvalue weighted by atomic mass is 32.2. The van der Waals surface area contributed by atoms with Crippen LogP contribution in [0.5, 0.6) is 0 Å². The third kappa shape index (κ3) is 4.67. The fourth-order valence-corrected chi connectivity index (χ4v) is 4.22. The van der Waals surface area contributed by atoms with E-state index >= 15 is 0 Å². The minimum Gasteiger partial charge on any atom is -0.755 e. The van der Waals surface area contributed by atoms with Gasteiger partial charge in [0.25, 0.3) is 0 Å². The van der Waals surface area contributed by atoms with E-state index < -0.39 is 53.2 Å². The van der Waals surface area contributed by atoms with Crippen LogP contribution in [0.15, 0.2) is 12.5 Å². The van der Waals surface area contributed by atoms with Crippen LogP contribution in [-0.4, -0.2) is 72.7 Å². The molecule has 2 aromatic heterocycles. The summed E-state index contributed by atoms with van der Waals surface area (Å²) in [6, 6.07) is 0. The molecule has 0 saturated carbocycles. The van der Waals surface area contributed by atoms with Crippen molar-refractivity contribution >= 4 is 51.7 Å². The van der Waals surface area contributed by atoms with Gasteiger partial charge < -0.3 is 33.5 Å². The van der Waals surface area contributed by atoms with E-state index in [1.807, 2.05) is 0 Å². The fraction of sp³-hybridized carbons (Fsp3) is 0.526. The third-order valence-electron chi connectivity index (χ3n) is 5.24. The van der Waals surface area contributed by atoms with Crippen LogP contribution in [0.4, 0.5) is 11.5 Å². The molecule has 1 saturated heterocycles. The molecule has 0 radical (unpaired) electrons. The van der Waals surface area contributed by atoms with Gasteiger partial charge in [-0.2, -0.15) is 0 Å². The molecule has 0 aliphatic carbocycles. The number of nitrogens with two attached hydrogens (primary N) is 1. The highest BCUT2D eigenvalue weighted by Crippen LogP contribution is 2.46. The minimum absolute atomic E-state index is 0.00349. The second kappa shape index (κ2) is 9.52. The van der Waals surface area contributed by atoms with E-state index in [-0.39, 0.29) is 29.1 Å². The second-order valence-corrected chi connectivity index (χ2v) is 8.71. The van der Waals surface area contributed by atoms with Crippen molar-refractivity contribution in [3.05, 3.63) is 12.5 Å². The summed E-state index contributed by atoms with van der Waals surface area (Å²) < 4.78 is 47.8. The Labute approximate surface area is 196 Å². The summed E-state index contributed by atoms with van der Waals surface area (Å²) in [4.78, 5) is 43.5.